The standard InChI is InChI=1S/C23H29ClN4O2/c1-5-27-21-9-8-17(12-20(21)25-23(27)24)22(29)26(4)13-18-11-15(2)28(16(18)3)14-19-7-6-10-30-19/h8-9,11-12,19H,5-7,10,13-14H2,1-4H3/t19-/m0/s1. The molecular weight excluding hydrogens is 400 g/mol. The number of imidazole rings is 1. The summed E-state index contributed by atoms with van der Waals surface area (Å²) in [5.74, 6) is -0.0250. The van der Waals surface area contributed by atoms with Crippen molar-refractivity contribution in [3.05, 3.63) is 52.1 Å². The Kier molecular flexibility index (Phi) is 5.89. The molecule has 160 valence electrons. The minimum Gasteiger partial charge on any atom is -0.376 e. The second-order valence-corrected chi connectivity index (χ2v) is 8.47. The fourth-order valence-electron chi connectivity index (χ4n) is 4.39. The summed E-state index contributed by atoms with van der Waals surface area (Å²) in [4.78, 5) is 19.2. The van der Waals surface area contributed by atoms with Crippen LogP contribution in [0.15, 0.2) is 24.3 Å². The molecule has 2 aromatic heterocycles. The lowest BCUT2D eigenvalue weighted by molar-refractivity contribution is 0.0784. The van der Waals surface area contributed by atoms with E-state index in [2.05, 4.69) is 29.5 Å². The summed E-state index contributed by atoms with van der Waals surface area (Å²) in [5.41, 5.74) is 5.89. The third kappa shape index (κ3) is 3.86. The Labute approximate surface area is 182 Å². The Morgan fingerprint density at radius 1 is 1.30 bits per heavy atom. The van der Waals surface area contributed by atoms with Gasteiger partial charge in [0.15, 0.2) is 0 Å². The first-order valence-corrected chi connectivity index (χ1v) is 10.9. The minimum atomic E-state index is -0.0250. The van der Waals surface area contributed by atoms with Crippen LogP contribution in [0, 0.1) is 13.8 Å². The summed E-state index contributed by atoms with van der Waals surface area (Å²) < 4.78 is 10.0. The number of aromatic nitrogens is 3. The number of fused-ring (bicyclic) bond motifs is 1. The maximum Gasteiger partial charge on any atom is 0.253 e. The topological polar surface area (TPSA) is 52.3 Å². The molecule has 7 heteroatoms. The van der Waals surface area contributed by atoms with E-state index in [1.165, 1.54) is 17.0 Å². The molecule has 0 bridgehead atoms. The molecule has 0 N–H and O–H groups in total. The second kappa shape index (κ2) is 8.44. The number of benzene rings is 1. The van der Waals surface area contributed by atoms with Crippen molar-refractivity contribution < 1.29 is 9.53 Å². The van der Waals surface area contributed by atoms with Crippen LogP contribution < -0.4 is 0 Å². The van der Waals surface area contributed by atoms with Crippen molar-refractivity contribution in [1.29, 1.82) is 0 Å². The van der Waals surface area contributed by atoms with Crippen molar-refractivity contribution >= 4 is 28.5 Å². The molecule has 6 nitrogen and oxygen atoms in total. The van der Waals surface area contributed by atoms with Gasteiger partial charge in [-0.05, 0) is 75.0 Å². The maximum absolute atomic E-state index is 13.1. The SMILES string of the molecule is CCn1c(Cl)nc2cc(C(=O)N(C)Cc3cc(C)n(C[C@@H]4CCCO4)c3C)ccc21. The number of hydrogen-bond donors (Lipinski definition) is 0. The van der Waals surface area contributed by atoms with Gasteiger partial charge >= 0.3 is 0 Å². The van der Waals surface area contributed by atoms with Crippen molar-refractivity contribution in [2.24, 2.45) is 0 Å². The molecule has 0 spiro atoms. The van der Waals surface area contributed by atoms with Crippen LogP contribution >= 0.6 is 11.6 Å². The number of ether oxygens (including phenoxy) is 1. The number of rotatable bonds is 6. The molecule has 0 aliphatic carbocycles. The van der Waals surface area contributed by atoms with E-state index >= 15 is 0 Å². The Bertz CT molecular complexity index is 1080. The molecule has 0 unspecified atom stereocenters. The molecule has 4 rings (SSSR count). The highest BCUT2D eigenvalue weighted by atomic mass is 35.5. The van der Waals surface area contributed by atoms with Gasteiger partial charge in [0.05, 0.1) is 17.1 Å². The van der Waals surface area contributed by atoms with Gasteiger partial charge in [0.2, 0.25) is 5.28 Å². The van der Waals surface area contributed by atoms with Crippen LogP contribution in [-0.2, 0) is 24.4 Å². The van der Waals surface area contributed by atoms with Gasteiger partial charge in [0, 0.05) is 50.2 Å². The van der Waals surface area contributed by atoms with Crippen molar-refractivity contribution in [3.8, 4) is 0 Å². The number of amides is 1. The molecule has 1 aliphatic rings. The van der Waals surface area contributed by atoms with Crippen LogP contribution in [0.25, 0.3) is 11.0 Å². The van der Waals surface area contributed by atoms with Crippen LogP contribution in [-0.4, -0.2) is 44.7 Å². The van der Waals surface area contributed by atoms with Gasteiger partial charge in [-0.1, -0.05) is 0 Å². The summed E-state index contributed by atoms with van der Waals surface area (Å²) in [6, 6.07) is 7.78. The van der Waals surface area contributed by atoms with E-state index in [-0.39, 0.29) is 5.91 Å². The van der Waals surface area contributed by atoms with E-state index < -0.39 is 0 Å². The molecule has 3 aromatic rings. The normalized spacial score (nSPS) is 16.5. The molecule has 3 heterocycles. The van der Waals surface area contributed by atoms with Crippen molar-refractivity contribution in [2.75, 3.05) is 13.7 Å². The number of halogens is 1. The van der Waals surface area contributed by atoms with Gasteiger partial charge in [0.25, 0.3) is 5.91 Å². The average Bonchev–Trinajstić information content (AvgIpc) is 3.41. The molecule has 1 amide bonds. The van der Waals surface area contributed by atoms with Crippen molar-refractivity contribution in [1.82, 2.24) is 19.0 Å². The van der Waals surface area contributed by atoms with Crippen molar-refractivity contribution in [2.45, 2.75) is 59.4 Å². The Hall–Kier alpha value is -2.31. The molecular formula is C23H29ClN4O2. The second-order valence-electron chi connectivity index (χ2n) is 8.13. The van der Waals surface area contributed by atoms with E-state index in [1.54, 1.807) is 4.90 Å². The minimum absolute atomic E-state index is 0.0250. The molecule has 1 aliphatic heterocycles. The fourth-order valence-corrected chi connectivity index (χ4v) is 4.69. The van der Waals surface area contributed by atoms with E-state index in [0.717, 1.165) is 43.6 Å². The van der Waals surface area contributed by atoms with E-state index in [0.29, 0.717) is 23.5 Å². The van der Waals surface area contributed by atoms with Gasteiger partial charge in [-0.25, -0.2) is 4.98 Å². The molecule has 1 atom stereocenters. The number of carbonyl (C=O) groups is 1. The zero-order chi connectivity index (χ0) is 21.4. The van der Waals surface area contributed by atoms with Crippen LogP contribution in [0.3, 0.4) is 0 Å². The number of hydrogen-bond acceptors (Lipinski definition) is 3. The van der Waals surface area contributed by atoms with E-state index in [1.807, 2.05) is 36.7 Å². The Balaban J connectivity index is 1.51. The molecule has 0 saturated carbocycles. The van der Waals surface area contributed by atoms with Crippen LogP contribution in [0.4, 0.5) is 0 Å². The summed E-state index contributed by atoms with van der Waals surface area (Å²) in [5, 5.41) is 0.448. The summed E-state index contributed by atoms with van der Waals surface area (Å²) in [6.45, 7) is 9.31. The highest BCUT2D eigenvalue weighted by Gasteiger charge is 2.21. The first-order chi connectivity index (χ1) is 14.4. The molecule has 0 radical (unpaired) electrons. The lowest BCUT2D eigenvalue weighted by Gasteiger charge is -2.18. The van der Waals surface area contributed by atoms with Gasteiger partial charge in [0.1, 0.15) is 0 Å². The monoisotopic (exact) mass is 428 g/mol. The number of carbonyl (C=O) groups excluding carboxylic acids is 1. The largest absolute Gasteiger partial charge is 0.376 e. The number of aryl methyl sites for hydroxylation is 2. The Morgan fingerprint density at radius 2 is 2.10 bits per heavy atom. The lowest BCUT2D eigenvalue weighted by Crippen LogP contribution is -2.26. The first kappa shape index (κ1) is 20.9. The zero-order valence-corrected chi connectivity index (χ0v) is 18.9. The van der Waals surface area contributed by atoms with E-state index in [4.69, 9.17) is 16.3 Å². The van der Waals surface area contributed by atoms with Crippen LogP contribution in [0.2, 0.25) is 5.28 Å². The summed E-state index contributed by atoms with van der Waals surface area (Å²) >= 11 is 6.21. The molecule has 1 saturated heterocycles. The predicted molar refractivity (Wildman–Crippen MR) is 119 cm³/mol. The smallest absolute Gasteiger partial charge is 0.253 e. The van der Waals surface area contributed by atoms with E-state index in [9.17, 15) is 4.79 Å². The Morgan fingerprint density at radius 3 is 2.80 bits per heavy atom. The first-order valence-electron chi connectivity index (χ1n) is 10.6. The third-order valence-corrected chi connectivity index (χ3v) is 6.40. The third-order valence-electron chi connectivity index (χ3n) is 6.11. The van der Waals surface area contributed by atoms with Crippen LogP contribution in [0.5, 0.6) is 0 Å². The van der Waals surface area contributed by atoms with Crippen molar-refractivity contribution in [3.63, 3.8) is 0 Å². The molecule has 1 aromatic carbocycles. The van der Waals surface area contributed by atoms with Gasteiger partial charge in [-0.15, -0.1) is 0 Å². The fraction of sp³-hybridized carbons (Fsp3) is 0.478. The van der Waals surface area contributed by atoms with Gasteiger partial charge in [-0.3, -0.25) is 4.79 Å². The van der Waals surface area contributed by atoms with Crippen LogP contribution in [0.1, 0.15) is 47.1 Å². The number of nitrogens with zero attached hydrogens (tertiary/aromatic N) is 4. The maximum atomic E-state index is 13.1. The highest BCUT2D eigenvalue weighted by molar-refractivity contribution is 6.29. The lowest BCUT2D eigenvalue weighted by atomic mass is 10.1. The predicted octanol–water partition coefficient (Wildman–Crippen LogP) is 4.58. The van der Waals surface area contributed by atoms with Gasteiger partial charge in [-0.2, -0.15) is 0 Å². The van der Waals surface area contributed by atoms with Gasteiger partial charge < -0.3 is 18.8 Å². The summed E-state index contributed by atoms with van der Waals surface area (Å²) in [7, 11) is 1.84. The zero-order valence-electron chi connectivity index (χ0n) is 18.1. The summed E-state index contributed by atoms with van der Waals surface area (Å²) in [6.07, 6.45) is 2.55. The molecule has 30 heavy (non-hydrogen) atoms. The highest BCUT2D eigenvalue weighted by Crippen LogP contribution is 2.24. The quantitative estimate of drug-likeness (QED) is 0.577. The molecule has 1 fully saturated rings. The average molecular weight is 429 g/mol.